The second-order valence-corrected chi connectivity index (χ2v) is 12.4. The number of carbonyl (C=O) groups excluding carboxylic acids is 2. The highest BCUT2D eigenvalue weighted by Gasteiger charge is 2.20. The summed E-state index contributed by atoms with van der Waals surface area (Å²) < 4.78 is 0. The molecule has 0 spiro atoms. The molecular weight excluding hydrogens is 526 g/mol. The number of hydrogen-bond acceptors (Lipinski definition) is 7. The molecule has 0 aliphatic carbocycles. The van der Waals surface area contributed by atoms with E-state index in [1.165, 1.54) is 30.4 Å². The van der Waals surface area contributed by atoms with E-state index in [9.17, 15) is 9.59 Å². The van der Waals surface area contributed by atoms with Gasteiger partial charge in [-0.05, 0) is 99.0 Å². The average molecular weight is 572 g/mol. The highest BCUT2D eigenvalue weighted by Crippen LogP contribution is 2.29. The minimum Gasteiger partial charge on any atom is -0.366 e. The molecule has 0 saturated carbocycles. The summed E-state index contributed by atoms with van der Waals surface area (Å²) in [5, 5.41) is 3.26. The van der Waals surface area contributed by atoms with E-state index in [4.69, 9.17) is 11.5 Å². The molecule has 2 amide bonds. The van der Waals surface area contributed by atoms with E-state index in [1.54, 1.807) is 18.3 Å². The molecule has 3 aromatic rings. The fraction of sp³-hybridized carbons (Fsp3) is 0.455. The van der Waals surface area contributed by atoms with Gasteiger partial charge in [-0.1, -0.05) is 45.0 Å². The van der Waals surface area contributed by atoms with E-state index < -0.39 is 5.91 Å². The summed E-state index contributed by atoms with van der Waals surface area (Å²) in [6.07, 6.45) is 7.59. The summed E-state index contributed by atoms with van der Waals surface area (Å²) in [5.41, 5.74) is 15.0. The lowest BCUT2D eigenvalue weighted by Gasteiger charge is -2.29. The third-order valence-corrected chi connectivity index (χ3v) is 8.07. The monoisotopic (exact) mass is 571 g/mol. The number of carbonyl (C=O) groups is 2. The molecule has 0 radical (unpaired) electrons. The van der Waals surface area contributed by atoms with Crippen LogP contribution in [0.15, 0.2) is 54.7 Å². The largest absolute Gasteiger partial charge is 0.366 e. The first-order valence-electron chi connectivity index (χ1n) is 14.9. The number of rotatable bonds is 6. The maximum Gasteiger partial charge on any atom is 0.271 e. The van der Waals surface area contributed by atoms with E-state index in [0.29, 0.717) is 17.3 Å². The van der Waals surface area contributed by atoms with Crippen molar-refractivity contribution in [2.45, 2.75) is 64.2 Å². The number of nitrogens with zero attached hydrogens (tertiary/aromatic N) is 4. The molecule has 9 heteroatoms. The minimum atomic E-state index is -0.576. The molecule has 3 heterocycles. The first kappa shape index (κ1) is 31.0. The maximum atomic E-state index is 11.8. The molecule has 2 aromatic carbocycles. The summed E-state index contributed by atoms with van der Waals surface area (Å²) in [6.45, 7) is 10.6. The van der Waals surface area contributed by atoms with E-state index in [0.717, 1.165) is 50.5 Å². The SMILES string of the molecule is CC(C)(C)c1ccc(C(N)=O)cc1.CN1CCC(c2ccc(Nc3nc(N4CCCCC4)cnc3C(N)=O)cc2)CC1. The van der Waals surface area contributed by atoms with Crippen molar-refractivity contribution in [2.24, 2.45) is 11.5 Å². The van der Waals surface area contributed by atoms with Crippen LogP contribution >= 0.6 is 0 Å². The molecule has 2 saturated heterocycles. The third kappa shape index (κ3) is 8.28. The lowest BCUT2D eigenvalue weighted by atomic mass is 9.87. The number of primary amides is 2. The van der Waals surface area contributed by atoms with Gasteiger partial charge >= 0.3 is 0 Å². The predicted octanol–water partition coefficient (Wildman–Crippen LogP) is 5.20. The van der Waals surface area contributed by atoms with Crippen LogP contribution in [0.3, 0.4) is 0 Å². The van der Waals surface area contributed by atoms with Gasteiger partial charge in [-0.2, -0.15) is 0 Å². The van der Waals surface area contributed by atoms with Gasteiger partial charge in [0.05, 0.1) is 6.20 Å². The highest BCUT2D eigenvalue weighted by molar-refractivity contribution is 5.96. The van der Waals surface area contributed by atoms with Crippen LogP contribution in [-0.2, 0) is 5.41 Å². The van der Waals surface area contributed by atoms with Gasteiger partial charge in [-0.3, -0.25) is 9.59 Å². The molecule has 2 fully saturated rings. The van der Waals surface area contributed by atoms with Gasteiger partial charge in [0.2, 0.25) is 5.91 Å². The molecule has 224 valence electrons. The zero-order chi connectivity index (χ0) is 30.3. The third-order valence-electron chi connectivity index (χ3n) is 8.07. The van der Waals surface area contributed by atoms with Crippen molar-refractivity contribution >= 4 is 29.1 Å². The van der Waals surface area contributed by atoms with Crippen LogP contribution in [0.5, 0.6) is 0 Å². The number of aromatic nitrogens is 2. The van der Waals surface area contributed by atoms with E-state index in [-0.39, 0.29) is 17.0 Å². The van der Waals surface area contributed by atoms with Crippen LogP contribution in [0.4, 0.5) is 17.3 Å². The second kappa shape index (κ2) is 13.8. The Morgan fingerprint density at radius 3 is 2.02 bits per heavy atom. The molecule has 1 aromatic heterocycles. The summed E-state index contributed by atoms with van der Waals surface area (Å²) in [4.78, 5) is 36.2. The Balaban J connectivity index is 0.000000262. The summed E-state index contributed by atoms with van der Waals surface area (Å²) in [7, 11) is 2.18. The Labute approximate surface area is 249 Å². The number of hydrogen-bond donors (Lipinski definition) is 3. The van der Waals surface area contributed by atoms with E-state index in [2.05, 4.69) is 65.0 Å². The van der Waals surface area contributed by atoms with Gasteiger partial charge in [0.1, 0.15) is 5.82 Å². The molecule has 2 aliphatic rings. The molecule has 5 N–H and O–H groups in total. The number of amides is 2. The van der Waals surface area contributed by atoms with Crippen LogP contribution in [0, 0.1) is 0 Å². The highest BCUT2D eigenvalue weighted by atomic mass is 16.1. The normalized spacial score (nSPS) is 16.3. The Bertz CT molecular complexity index is 1340. The van der Waals surface area contributed by atoms with Crippen molar-refractivity contribution in [1.29, 1.82) is 0 Å². The Morgan fingerprint density at radius 2 is 1.48 bits per heavy atom. The van der Waals surface area contributed by atoms with Crippen molar-refractivity contribution in [1.82, 2.24) is 14.9 Å². The van der Waals surface area contributed by atoms with Crippen LogP contribution < -0.4 is 21.7 Å². The number of likely N-dealkylation sites (tertiary alicyclic amines) is 1. The van der Waals surface area contributed by atoms with E-state index in [1.807, 2.05) is 24.3 Å². The standard InChI is InChI=1S/C22H30N6O.C11H15NO/c1-27-13-9-17(10-14-27)16-5-7-18(8-6-16)25-22-20(21(23)29)24-15-19(26-22)28-11-3-2-4-12-28;1-11(2,3)9-6-4-8(5-7-9)10(12)13/h5-8,15,17H,2-4,9-14H2,1H3,(H2,23,29)(H,25,26);4-7H,1-3H3,(H2,12,13). The lowest BCUT2D eigenvalue weighted by molar-refractivity contribution is 0.0989. The minimum absolute atomic E-state index is 0.121. The molecule has 2 aliphatic heterocycles. The van der Waals surface area contributed by atoms with Crippen LogP contribution in [0.2, 0.25) is 0 Å². The van der Waals surface area contributed by atoms with Crippen LogP contribution in [-0.4, -0.2) is 59.9 Å². The zero-order valence-electron chi connectivity index (χ0n) is 25.4. The molecule has 5 rings (SSSR count). The Morgan fingerprint density at radius 1 is 0.857 bits per heavy atom. The smallest absolute Gasteiger partial charge is 0.271 e. The van der Waals surface area contributed by atoms with Gasteiger partial charge < -0.3 is 26.6 Å². The molecule has 42 heavy (non-hydrogen) atoms. The molecule has 0 bridgehead atoms. The summed E-state index contributed by atoms with van der Waals surface area (Å²) in [6, 6.07) is 15.9. The fourth-order valence-electron chi connectivity index (χ4n) is 5.37. The lowest BCUT2D eigenvalue weighted by Crippen LogP contribution is -2.31. The first-order valence-corrected chi connectivity index (χ1v) is 14.9. The van der Waals surface area contributed by atoms with Crippen LogP contribution in [0.25, 0.3) is 0 Å². The van der Waals surface area contributed by atoms with Crippen molar-refractivity contribution < 1.29 is 9.59 Å². The zero-order valence-corrected chi connectivity index (χ0v) is 25.4. The predicted molar refractivity (Wildman–Crippen MR) is 169 cm³/mol. The van der Waals surface area contributed by atoms with Gasteiger partial charge in [-0.15, -0.1) is 0 Å². The van der Waals surface area contributed by atoms with Crippen molar-refractivity contribution in [3.05, 3.63) is 77.1 Å². The van der Waals surface area contributed by atoms with Crippen molar-refractivity contribution in [3.8, 4) is 0 Å². The molecule has 0 atom stereocenters. The first-order chi connectivity index (χ1) is 20.0. The van der Waals surface area contributed by atoms with E-state index >= 15 is 0 Å². The molecule has 0 unspecified atom stereocenters. The summed E-state index contributed by atoms with van der Waals surface area (Å²) in [5.74, 6) is 0.880. The number of nitrogens with two attached hydrogens (primary N) is 2. The Kier molecular flexibility index (Phi) is 10.2. The quantitative estimate of drug-likeness (QED) is 0.371. The van der Waals surface area contributed by atoms with Gasteiger partial charge in [0.15, 0.2) is 11.5 Å². The average Bonchev–Trinajstić information content (AvgIpc) is 2.98. The van der Waals surface area contributed by atoms with Gasteiger partial charge in [0.25, 0.3) is 5.91 Å². The van der Waals surface area contributed by atoms with Gasteiger partial charge in [-0.25, -0.2) is 9.97 Å². The Hall–Kier alpha value is -3.98. The van der Waals surface area contributed by atoms with Crippen molar-refractivity contribution in [2.75, 3.05) is 43.4 Å². The number of piperidine rings is 2. The van der Waals surface area contributed by atoms with Gasteiger partial charge in [0, 0.05) is 24.3 Å². The number of nitrogens with one attached hydrogen (secondary N) is 1. The van der Waals surface area contributed by atoms with Crippen molar-refractivity contribution in [3.63, 3.8) is 0 Å². The second-order valence-electron chi connectivity index (χ2n) is 12.4. The maximum absolute atomic E-state index is 11.8. The topological polar surface area (TPSA) is 130 Å². The fourth-order valence-corrected chi connectivity index (χ4v) is 5.37. The molecule has 9 nitrogen and oxygen atoms in total. The number of benzene rings is 2. The molecular formula is C33H45N7O2. The summed E-state index contributed by atoms with van der Waals surface area (Å²) >= 11 is 0. The van der Waals surface area contributed by atoms with Crippen LogP contribution in [0.1, 0.15) is 90.8 Å². The number of anilines is 3.